The van der Waals surface area contributed by atoms with E-state index in [9.17, 15) is 14.7 Å². The molecule has 2 N–H and O–H groups in total. The van der Waals surface area contributed by atoms with Gasteiger partial charge in [-0.25, -0.2) is 9.48 Å². The highest BCUT2D eigenvalue weighted by Gasteiger charge is 2.40. The summed E-state index contributed by atoms with van der Waals surface area (Å²) in [5, 5.41) is 18.6. The van der Waals surface area contributed by atoms with Crippen LogP contribution >= 0.6 is 0 Å². The third-order valence-electron chi connectivity index (χ3n) is 5.98. The molecule has 2 aromatic rings. The minimum Gasteiger partial charge on any atom is -0.356 e. The van der Waals surface area contributed by atoms with Gasteiger partial charge in [0.05, 0.1) is 23.4 Å². The first-order chi connectivity index (χ1) is 15.5. The zero-order valence-electron chi connectivity index (χ0n) is 19.9. The van der Waals surface area contributed by atoms with Gasteiger partial charge in [-0.15, -0.1) is 0 Å². The summed E-state index contributed by atoms with van der Waals surface area (Å²) in [7, 11) is 1.67. The molecule has 10 nitrogen and oxygen atoms in total. The average molecular weight is 460 g/mol. The van der Waals surface area contributed by atoms with E-state index in [4.69, 9.17) is 9.47 Å². The van der Waals surface area contributed by atoms with Crippen LogP contribution in [0.1, 0.15) is 52.0 Å². The van der Waals surface area contributed by atoms with Crippen molar-refractivity contribution in [3.8, 4) is 0 Å². The topological polar surface area (TPSA) is 109 Å². The molecule has 33 heavy (non-hydrogen) atoms. The number of nitrogens with zero attached hydrogens (tertiary/aromatic N) is 4. The van der Waals surface area contributed by atoms with Crippen molar-refractivity contribution in [3.05, 3.63) is 23.9 Å². The van der Waals surface area contributed by atoms with Crippen LogP contribution in [0.4, 0.5) is 10.5 Å². The van der Waals surface area contributed by atoms with Crippen LogP contribution in [0.2, 0.25) is 0 Å². The lowest BCUT2D eigenvalue weighted by Crippen LogP contribution is -2.44. The molecular weight excluding hydrogens is 426 g/mol. The first-order valence-electron chi connectivity index (χ1n) is 11.4. The van der Waals surface area contributed by atoms with Gasteiger partial charge in [-0.2, -0.15) is 5.10 Å². The Morgan fingerprint density at radius 1 is 1.36 bits per heavy atom. The Kier molecular flexibility index (Phi) is 6.35. The molecule has 2 aliphatic rings. The summed E-state index contributed by atoms with van der Waals surface area (Å²) in [5.74, 6) is -0.287. The van der Waals surface area contributed by atoms with Gasteiger partial charge in [0.1, 0.15) is 6.04 Å². The lowest BCUT2D eigenvalue weighted by molar-refractivity contribution is -0.220. The Bertz CT molecular complexity index is 1040. The number of amides is 3. The van der Waals surface area contributed by atoms with Crippen molar-refractivity contribution in [1.82, 2.24) is 20.0 Å². The zero-order valence-corrected chi connectivity index (χ0v) is 19.9. The molecular formula is C23H33N5O5. The van der Waals surface area contributed by atoms with Gasteiger partial charge in [0.2, 0.25) is 6.41 Å². The highest BCUT2D eigenvalue weighted by atomic mass is 16.6. The minimum absolute atomic E-state index is 0.00839. The summed E-state index contributed by atoms with van der Waals surface area (Å²) in [6.45, 7) is 8.02. The number of anilines is 1. The summed E-state index contributed by atoms with van der Waals surface area (Å²) >= 11 is 0. The van der Waals surface area contributed by atoms with Crippen LogP contribution in [0.5, 0.6) is 0 Å². The van der Waals surface area contributed by atoms with Crippen LogP contribution in [0.25, 0.3) is 10.9 Å². The summed E-state index contributed by atoms with van der Waals surface area (Å²) in [6.07, 6.45) is 1.50. The molecule has 3 heterocycles. The van der Waals surface area contributed by atoms with E-state index in [0.29, 0.717) is 12.3 Å². The molecule has 1 aromatic carbocycles. The number of benzene rings is 1. The standard InChI is InChI=1S/C23H33N5O5/c1-14-16-10-9-15(12-18(16)28(25-14)19-8-6-7-11-32-19)26(5)20(29)17-13-27(21(30)24-17)22(31)33-23(2,3)4/h9-10,12,17,19,22,31H,6-8,11,13H2,1-5H3,(H,24,30)/t17-,19?,22?/m0/s1. The van der Waals surface area contributed by atoms with E-state index in [1.807, 2.05) is 29.8 Å². The van der Waals surface area contributed by atoms with Crippen LogP contribution in [0.15, 0.2) is 18.2 Å². The second kappa shape index (κ2) is 8.92. The first kappa shape index (κ1) is 23.5. The number of ether oxygens (including phenoxy) is 2. The number of likely N-dealkylation sites (N-methyl/N-ethyl adjacent to an activating group) is 1. The number of hydrogen-bond acceptors (Lipinski definition) is 6. The van der Waals surface area contributed by atoms with Gasteiger partial charge in [0.25, 0.3) is 5.91 Å². The number of fused-ring (bicyclic) bond motifs is 1. The molecule has 0 aliphatic carbocycles. The minimum atomic E-state index is -1.43. The molecule has 2 aliphatic heterocycles. The van der Waals surface area contributed by atoms with E-state index in [-0.39, 0.29) is 18.7 Å². The quantitative estimate of drug-likeness (QED) is 0.665. The van der Waals surface area contributed by atoms with Crippen LogP contribution in [0, 0.1) is 6.92 Å². The molecule has 0 spiro atoms. The summed E-state index contributed by atoms with van der Waals surface area (Å²) in [6, 6.07) is 4.41. The van der Waals surface area contributed by atoms with Gasteiger partial charge >= 0.3 is 6.03 Å². The molecule has 10 heteroatoms. The lowest BCUT2D eigenvalue weighted by Gasteiger charge is -2.29. The maximum absolute atomic E-state index is 13.2. The number of aryl methyl sites for hydroxylation is 1. The van der Waals surface area contributed by atoms with Crippen molar-refractivity contribution in [2.75, 3.05) is 25.1 Å². The fourth-order valence-corrected chi connectivity index (χ4v) is 4.26. The van der Waals surface area contributed by atoms with Gasteiger partial charge in [-0.05, 0) is 65.2 Å². The van der Waals surface area contributed by atoms with Crippen molar-refractivity contribution < 1.29 is 24.2 Å². The second-order valence-electron chi connectivity index (χ2n) is 9.66. The molecule has 2 unspecified atom stereocenters. The maximum Gasteiger partial charge on any atom is 0.322 e. The molecule has 180 valence electrons. The molecule has 3 amide bonds. The highest BCUT2D eigenvalue weighted by molar-refractivity contribution is 6.01. The third-order valence-corrected chi connectivity index (χ3v) is 5.98. The molecule has 0 radical (unpaired) electrons. The predicted molar refractivity (Wildman–Crippen MR) is 123 cm³/mol. The fraction of sp³-hybridized carbons (Fsp3) is 0.609. The van der Waals surface area contributed by atoms with E-state index in [2.05, 4.69) is 10.4 Å². The van der Waals surface area contributed by atoms with E-state index >= 15 is 0 Å². The number of urea groups is 1. The van der Waals surface area contributed by atoms with Gasteiger partial charge in [0.15, 0.2) is 6.23 Å². The van der Waals surface area contributed by atoms with E-state index in [0.717, 1.165) is 40.8 Å². The summed E-state index contributed by atoms with van der Waals surface area (Å²) in [4.78, 5) is 28.2. The Morgan fingerprint density at radius 2 is 2.12 bits per heavy atom. The summed E-state index contributed by atoms with van der Waals surface area (Å²) in [5.41, 5.74) is 1.86. The summed E-state index contributed by atoms with van der Waals surface area (Å²) < 4.78 is 13.3. The molecule has 3 atom stereocenters. The normalized spacial score (nSPS) is 22.5. The lowest BCUT2D eigenvalue weighted by atomic mass is 10.1. The number of nitrogens with one attached hydrogen (secondary N) is 1. The van der Waals surface area contributed by atoms with Crippen molar-refractivity contribution >= 4 is 28.5 Å². The zero-order chi connectivity index (χ0) is 23.9. The number of aliphatic hydroxyl groups excluding tert-OH is 1. The molecule has 4 rings (SSSR count). The molecule has 2 saturated heterocycles. The van der Waals surface area contributed by atoms with Crippen LogP contribution in [0.3, 0.4) is 0 Å². The predicted octanol–water partition coefficient (Wildman–Crippen LogP) is 2.49. The van der Waals surface area contributed by atoms with Gasteiger partial charge in [-0.1, -0.05) is 0 Å². The highest BCUT2D eigenvalue weighted by Crippen LogP contribution is 2.30. The second-order valence-corrected chi connectivity index (χ2v) is 9.66. The van der Waals surface area contributed by atoms with E-state index in [1.165, 1.54) is 4.90 Å². The van der Waals surface area contributed by atoms with E-state index < -0.39 is 24.1 Å². The fourth-order valence-electron chi connectivity index (χ4n) is 4.26. The SMILES string of the molecule is Cc1nn(C2CCCCO2)c2cc(N(C)C(=O)[C@@H]3CN(C(O)OC(C)(C)C)C(=O)N3)ccc12. The molecule has 1 aromatic heterocycles. The smallest absolute Gasteiger partial charge is 0.322 e. The van der Waals surface area contributed by atoms with Crippen LogP contribution in [-0.2, 0) is 14.3 Å². The molecule has 0 saturated carbocycles. The number of aliphatic hydroxyl groups is 1. The Hall–Kier alpha value is -2.69. The maximum atomic E-state index is 13.2. The van der Waals surface area contributed by atoms with Crippen LogP contribution < -0.4 is 10.2 Å². The average Bonchev–Trinajstić information content (AvgIpc) is 3.32. The number of carbonyl (C=O) groups excluding carboxylic acids is 2. The monoisotopic (exact) mass is 459 g/mol. The number of carbonyl (C=O) groups is 2. The largest absolute Gasteiger partial charge is 0.356 e. The van der Waals surface area contributed by atoms with Crippen molar-refractivity contribution in [3.63, 3.8) is 0 Å². The van der Waals surface area contributed by atoms with Gasteiger partial charge in [0, 0.05) is 24.7 Å². The Labute approximate surface area is 193 Å². The first-order valence-corrected chi connectivity index (χ1v) is 11.4. The Morgan fingerprint density at radius 3 is 2.79 bits per heavy atom. The number of hydrogen-bond donors (Lipinski definition) is 2. The van der Waals surface area contributed by atoms with Crippen LogP contribution in [-0.4, -0.2) is 70.0 Å². The van der Waals surface area contributed by atoms with E-state index in [1.54, 1.807) is 27.8 Å². The molecule has 0 bridgehead atoms. The number of rotatable bonds is 5. The number of aromatic nitrogens is 2. The van der Waals surface area contributed by atoms with Crippen molar-refractivity contribution in [2.45, 2.75) is 71.2 Å². The van der Waals surface area contributed by atoms with Crippen molar-refractivity contribution in [1.29, 1.82) is 0 Å². The van der Waals surface area contributed by atoms with Gasteiger partial charge < -0.3 is 24.8 Å². The third kappa shape index (κ3) is 4.83. The molecule has 2 fully saturated rings. The Balaban J connectivity index is 1.53. The van der Waals surface area contributed by atoms with Gasteiger partial charge in [-0.3, -0.25) is 9.69 Å². The van der Waals surface area contributed by atoms with Crippen molar-refractivity contribution in [2.24, 2.45) is 0 Å².